The highest BCUT2D eigenvalue weighted by Crippen LogP contribution is 2.25. The molecule has 1 atom stereocenters. The molecule has 2 amide bonds. The lowest BCUT2D eigenvalue weighted by Crippen LogP contribution is -2.58. The molecule has 0 bridgehead atoms. The van der Waals surface area contributed by atoms with Crippen molar-refractivity contribution < 1.29 is 14.3 Å². The van der Waals surface area contributed by atoms with Gasteiger partial charge in [-0.3, -0.25) is 9.59 Å². The van der Waals surface area contributed by atoms with Gasteiger partial charge in [0.15, 0.2) is 0 Å². The number of nitrogens with two attached hydrogens (primary N) is 1. The number of aromatic nitrogens is 1. The summed E-state index contributed by atoms with van der Waals surface area (Å²) in [5.41, 5.74) is 6.89. The zero-order valence-electron chi connectivity index (χ0n) is 13.2. The van der Waals surface area contributed by atoms with Crippen LogP contribution in [0.1, 0.15) is 10.5 Å². The van der Waals surface area contributed by atoms with Crippen molar-refractivity contribution >= 4 is 22.7 Å². The number of benzene rings is 1. The van der Waals surface area contributed by atoms with Crippen molar-refractivity contribution in [1.29, 1.82) is 0 Å². The number of methoxy groups -OCH3 is 1. The summed E-state index contributed by atoms with van der Waals surface area (Å²) in [5, 5.41) is 4.01. The first-order valence-corrected chi connectivity index (χ1v) is 7.47. The molecule has 122 valence electrons. The third-order valence-electron chi connectivity index (χ3n) is 4.30. The number of piperazine rings is 1. The molecule has 3 N–H and O–H groups in total. The van der Waals surface area contributed by atoms with Crippen molar-refractivity contribution in [3.63, 3.8) is 0 Å². The molecule has 2 aromatic rings. The van der Waals surface area contributed by atoms with Crippen molar-refractivity contribution in [2.45, 2.75) is 6.04 Å². The minimum absolute atomic E-state index is 0.187. The minimum atomic E-state index is -0.621. The van der Waals surface area contributed by atoms with Gasteiger partial charge in [-0.1, -0.05) is 0 Å². The van der Waals surface area contributed by atoms with Crippen LogP contribution in [0, 0.1) is 0 Å². The number of nitrogens with one attached hydrogen (secondary N) is 1. The van der Waals surface area contributed by atoms with E-state index in [1.54, 1.807) is 12.0 Å². The molecular weight excluding hydrogens is 296 g/mol. The Hall–Kier alpha value is -2.54. The number of aryl methyl sites for hydroxylation is 1. The van der Waals surface area contributed by atoms with Crippen LogP contribution in [-0.2, 0) is 11.8 Å². The van der Waals surface area contributed by atoms with Crippen molar-refractivity contribution in [3.8, 4) is 5.75 Å². The standard InChI is InChI=1S/C16H20N4O3/c1-19-12-4-3-11(23-2)7-10(12)8-13(19)16(22)20-6-5-18-9-14(20)15(17)21/h3-4,7-8,14,18H,5-6,9H2,1-2H3,(H2,17,21)/t14-/m0/s1. The Labute approximate surface area is 134 Å². The van der Waals surface area contributed by atoms with Gasteiger partial charge in [-0.05, 0) is 24.3 Å². The normalized spacial score (nSPS) is 18.2. The maximum atomic E-state index is 12.9. The predicted molar refractivity (Wildman–Crippen MR) is 86.4 cm³/mol. The molecule has 0 radical (unpaired) electrons. The quantitative estimate of drug-likeness (QED) is 0.839. The number of nitrogens with zero attached hydrogens (tertiary/aromatic N) is 2. The largest absolute Gasteiger partial charge is 0.497 e. The average Bonchev–Trinajstić information content (AvgIpc) is 2.90. The Bertz CT molecular complexity index is 768. The van der Waals surface area contributed by atoms with E-state index >= 15 is 0 Å². The fraction of sp³-hybridized carbons (Fsp3) is 0.375. The van der Waals surface area contributed by atoms with Gasteiger partial charge in [0.05, 0.1) is 7.11 Å². The molecular formula is C16H20N4O3. The summed E-state index contributed by atoms with van der Waals surface area (Å²) in [6, 6.07) is 6.85. The van der Waals surface area contributed by atoms with E-state index in [1.165, 1.54) is 0 Å². The van der Waals surface area contributed by atoms with Crippen molar-refractivity contribution in [1.82, 2.24) is 14.8 Å². The van der Waals surface area contributed by atoms with Crippen LogP contribution in [-0.4, -0.2) is 54.1 Å². The SMILES string of the molecule is COc1ccc2c(c1)cc(C(=O)N1CCNC[C@H]1C(N)=O)n2C. The van der Waals surface area contributed by atoms with E-state index in [4.69, 9.17) is 10.5 Å². The van der Waals surface area contributed by atoms with Crippen LogP contribution in [0.5, 0.6) is 5.75 Å². The number of ether oxygens (including phenoxy) is 1. The summed E-state index contributed by atoms with van der Waals surface area (Å²) in [4.78, 5) is 26.0. The zero-order valence-corrected chi connectivity index (χ0v) is 13.2. The molecule has 1 aromatic heterocycles. The van der Waals surface area contributed by atoms with E-state index in [9.17, 15) is 9.59 Å². The number of rotatable bonds is 3. The van der Waals surface area contributed by atoms with Crippen LogP contribution >= 0.6 is 0 Å². The molecule has 2 heterocycles. The van der Waals surface area contributed by atoms with Gasteiger partial charge < -0.3 is 25.3 Å². The molecule has 1 aliphatic rings. The highest BCUT2D eigenvalue weighted by Gasteiger charge is 2.32. The monoisotopic (exact) mass is 316 g/mol. The molecule has 0 spiro atoms. The maximum absolute atomic E-state index is 12.9. The van der Waals surface area contributed by atoms with Crippen molar-refractivity contribution in [2.75, 3.05) is 26.7 Å². The van der Waals surface area contributed by atoms with Gasteiger partial charge in [-0.25, -0.2) is 0 Å². The van der Waals surface area contributed by atoms with Gasteiger partial charge in [0.25, 0.3) is 5.91 Å². The van der Waals surface area contributed by atoms with Crippen molar-refractivity contribution in [2.24, 2.45) is 12.8 Å². The first-order chi connectivity index (χ1) is 11.0. The average molecular weight is 316 g/mol. The first-order valence-electron chi connectivity index (χ1n) is 7.47. The number of hydrogen-bond donors (Lipinski definition) is 2. The lowest BCUT2D eigenvalue weighted by atomic mass is 10.1. The number of amides is 2. The maximum Gasteiger partial charge on any atom is 0.271 e. The second-order valence-electron chi connectivity index (χ2n) is 5.63. The smallest absolute Gasteiger partial charge is 0.271 e. The molecule has 0 saturated carbocycles. The van der Waals surface area contributed by atoms with Gasteiger partial charge in [-0.2, -0.15) is 0 Å². The molecule has 3 rings (SSSR count). The molecule has 1 aromatic carbocycles. The summed E-state index contributed by atoms with van der Waals surface area (Å²) in [6.45, 7) is 1.49. The molecule has 23 heavy (non-hydrogen) atoms. The summed E-state index contributed by atoms with van der Waals surface area (Å²) in [6.07, 6.45) is 0. The summed E-state index contributed by atoms with van der Waals surface area (Å²) >= 11 is 0. The Morgan fingerprint density at radius 2 is 2.13 bits per heavy atom. The number of hydrogen-bond acceptors (Lipinski definition) is 4. The molecule has 7 heteroatoms. The van der Waals surface area contributed by atoms with Gasteiger partial charge in [0.1, 0.15) is 17.5 Å². The second kappa shape index (κ2) is 5.92. The topological polar surface area (TPSA) is 89.6 Å². The fourth-order valence-corrected chi connectivity index (χ4v) is 3.01. The minimum Gasteiger partial charge on any atom is -0.497 e. The fourth-order valence-electron chi connectivity index (χ4n) is 3.01. The Kier molecular flexibility index (Phi) is 3.96. The van der Waals surface area contributed by atoms with Crippen molar-refractivity contribution in [3.05, 3.63) is 30.0 Å². The Morgan fingerprint density at radius 1 is 1.35 bits per heavy atom. The van der Waals surface area contributed by atoms with E-state index in [1.807, 2.05) is 35.9 Å². The molecule has 0 unspecified atom stereocenters. The number of carbonyl (C=O) groups is 2. The molecule has 1 aliphatic heterocycles. The van der Waals surface area contributed by atoms with E-state index in [-0.39, 0.29) is 5.91 Å². The Morgan fingerprint density at radius 3 is 2.83 bits per heavy atom. The highest BCUT2D eigenvalue weighted by atomic mass is 16.5. The lowest BCUT2D eigenvalue weighted by molar-refractivity contribution is -0.122. The van der Waals surface area contributed by atoms with Crippen LogP contribution in [0.2, 0.25) is 0 Å². The molecule has 0 aliphatic carbocycles. The predicted octanol–water partition coefficient (Wildman–Crippen LogP) is 0.0862. The molecule has 1 saturated heterocycles. The number of fused-ring (bicyclic) bond motifs is 1. The van der Waals surface area contributed by atoms with Gasteiger partial charge in [0, 0.05) is 37.6 Å². The number of carbonyl (C=O) groups excluding carboxylic acids is 2. The van der Waals surface area contributed by atoms with Crippen LogP contribution in [0.15, 0.2) is 24.3 Å². The van der Waals surface area contributed by atoms with Gasteiger partial charge in [0.2, 0.25) is 5.91 Å². The van der Waals surface area contributed by atoms with Crippen LogP contribution in [0.25, 0.3) is 10.9 Å². The van der Waals surface area contributed by atoms with Gasteiger partial charge >= 0.3 is 0 Å². The zero-order chi connectivity index (χ0) is 16.6. The molecule has 7 nitrogen and oxygen atoms in total. The molecule has 1 fully saturated rings. The van der Waals surface area contributed by atoms with E-state index in [0.717, 1.165) is 16.7 Å². The first kappa shape index (κ1) is 15.4. The second-order valence-corrected chi connectivity index (χ2v) is 5.63. The third kappa shape index (κ3) is 2.63. The van der Waals surface area contributed by atoms with Crippen LogP contribution in [0.3, 0.4) is 0 Å². The number of primary amides is 1. The Balaban J connectivity index is 1.99. The summed E-state index contributed by atoms with van der Waals surface area (Å²) < 4.78 is 7.05. The van der Waals surface area contributed by atoms with Crippen LogP contribution in [0.4, 0.5) is 0 Å². The van der Waals surface area contributed by atoms with E-state index in [0.29, 0.717) is 25.3 Å². The summed E-state index contributed by atoms with van der Waals surface area (Å²) in [7, 11) is 3.44. The summed E-state index contributed by atoms with van der Waals surface area (Å²) in [5.74, 6) is 0.0539. The van der Waals surface area contributed by atoms with Gasteiger partial charge in [-0.15, -0.1) is 0 Å². The highest BCUT2D eigenvalue weighted by molar-refractivity contribution is 6.01. The lowest BCUT2D eigenvalue weighted by Gasteiger charge is -2.34. The van der Waals surface area contributed by atoms with Crippen LogP contribution < -0.4 is 15.8 Å². The van der Waals surface area contributed by atoms with E-state index in [2.05, 4.69) is 5.32 Å². The van der Waals surface area contributed by atoms with E-state index < -0.39 is 11.9 Å². The third-order valence-corrected chi connectivity index (χ3v) is 4.30.